The van der Waals surface area contributed by atoms with Crippen molar-refractivity contribution in [2.24, 2.45) is 0 Å². The molecule has 7 heteroatoms. The van der Waals surface area contributed by atoms with E-state index in [2.05, 4.69) is 20.5 Å². The van der Waals surface area contributed by atoms with Gasteiger partial charge in [-0.15, -0.1) is 0 Å². The molecule has 7 nitrogen and oxygen atoms in total. The van der Waals surface area contributed by atoms with Crippen LogP contribution in [-0.2, 0) is 0 Å². The number of rotatable bonds is 7. The van der Waals surface area contributed by atoms with Crippen LogP contribution in [0.15, 0.2) is 85.1 Å². The van der Waals surface area contributed by atoms with Crippen LogP contribution in [0.3, 0.4) is 0 Å². The van der Waals surface area contributed by atoms with Crippen molar-refractivity contribution >= 4 is 29.0 Å². The summed E-state index contributed by atoms with van der Waals surface area (Å²) < 4.78 is 5.16. The molecule has 38 heavy (non-hydrogen) atoms. The van der Waals surface area contributed by atoms with Crippen molar-refractivity contribution in [3.8, 4) is 16.9 Å². The summed E-state index contributed by atoms with van der Waals surface area (Å²) >= 11 is 0. The number of aromatic nitrogens is 1. The smallest absolute Gasteiger partial charge is 0.255 e. The van der Waals surface area contributed by atoms with Gasteiger partial charge in [-0.2, -0.15) is 0 Å². The van der Waals surface area contributed by atoms with Gasteiger partial charge in [0.05, 0.1) is 7.11 Å². The molecule has 2 amide bonds. The molecule has 2 N–H and O–H groups in total. The molecule has 0 bridgehead atoms. The molecule has 1 aliphatic heterocycles. The minimum absolute atomic E-state index is 0.168. The molecule has 3 aromatic carbocycles. The number of anilines is 3. The van der Waals surface area contributed by atoms with Crippen LogP contribution in [0.1, 0.15) is 39.1 Å². The average molecular weight is 507 g/mol. The predicted molar refractivity (Wildman–Crippen MR) is 151 cm³/mol. The molecule has 192 valence electrons. The Labute approximate surface area is 222 Å². The van der Waals surface area contributed by atoms with Crippen LogP contribution < -0.4 is 20.3 Å². The van der Waals surface area contributed by atoms with E-state index >= 15 is 0 Å². The van der Waals surface area contributed by atoms with Gasteiger partial charge in [-0.05, 0) is 91.1 Å². The minimum Gasteiger partial charge on any atom is -0.497 e. The van der Waals surface area contributed by atoms with Crippen molar-refractivity contribution in [3.63, 3.8) is 0 Å². The standard InChI is InChI=1S/C31H30N4O3/c1-21-27(22-8-10-23(11-9-22)30(36)33-25-12-14-26(38-2)15-13-25)6-5-7-28(21)34-31(37)24-16-17-32-29(20-24)35-18-3-4-19-35/h5-17,20H,3-4,18-19H2,1-2H3,(H,33,36)(H,34,37). The van der Waals surface area contributed by atoms with Crippen LogP contribution in [0.25, 0.3) is 11.1 Å². The van der Waals surface area contributed by atoms with Gasteiger partial charge < -0.3 is 20.3 Å². The van der Waals surface area contributed by atoms with E-state index in [4.69, 9.17) is 4.74 Å². The summed E-state index contributed by atoms with van der Waals surface area (Å²) in [7, 11) is 1.60. The van der Waals surface area contributed by atoms with E-state index in [1.807, 2.05) is 43.3 Å². The lowest BCUT2D eigenvalue weighted by Crippen LogP contribution is -2.20. The molecule has 1 fully saturated rings. The van der Waals surface area contributed by atoms with Gasteiger partial charge in [-0.25, -0.2) is 4.98 Å². The lowest BCUT2D eigenvalue weighted by atomic mass is 9.98. The van der Waals surface area contributed by atoms with E-state index in [9.17, 15) is 9.59 Å². The van der Waals surface area contributed by atoms with Gasteiger partial charge in [0.1, 0.15) is 11.6 Å². The third-order valence-electron chi connectivity index (χ3n) is 6.83. The zero-order chi connectivity index (χ0) is 26.5. The molecule has 4 aromatic rings. The zero-order valence-corrected chi connectivity index (χ0v) is 21.5. The second-order valence-corrected chi connectivity index (χ2v) is 9.29. The first-order valence-electron chi connectivity index (χ1n) is 12.7. The van der Waals surface area contributed by atoms with Crippen LogP contribution in [0.2, 0.25) is 0 Å². The Morgan fingerprint density at radius 1 is 0.842 bits per heavy atom. The van der Waals surface area contributed by atoms with Gasteiger partial charge in [0, 0.05) is 41.8 Å². The second-order valence-electron chi connectivity index (χ2n) is 9.29. The summed E-state index contributed by atoms with van der Waals surface area (Å²) in [4.78, 5) is 32.4. The lowest BCUT2D eigenvalue weighted by molar-refractivity contribution is 0.101. The Morgan fingerprint density at radius 3 is 2.26 bits per heavy atom. The molecule has 0 atom stereocenters. The molecule has 5 rings (SSSR count). The zero-order valence-electron chi connectivity index (χ0n) is 21.5. The van der Waals surface area contributed by atoms with E-state index in [1.54, 1.807) is 55.8 Å². The number of pyridine rings is 1. The molecule has 1 aliphatic rings. The predicted octanol–water partition coefficient (Wildman–Crippen LogP) is 6.17. The van der Waals surface area contributed by atoms with Crippen molar-refractivity contribution in [1.82, 2.24) is 4.98 Å². The monoisotopic (exact) mass is 506 g/mol. The van der Waals surface area contributed by atoms with Gasteiger partial charge in [0.15, 0.2) is 0 Å². The normalized spacial score (nSPS) is 12.7. The summed E-state index contributed by atoms with van der Waals surface area (Å²) in [5.41, 5.74) is 5.47. The van der Waals surface area contributed by atoms with Gasteiger partial charge in [0.25, 0.3) is 11.8 Å². The summed E-state index contributed by atoms with van der Waals surface area (Å²) in [6.07, 6.45) is 4.00. The third-order valence-corrected chi connectivity index (χ3v) is 6.83. The maximum Gasteiger partial charge on any atom is 0.255 e. The molecular weight excluding hydrogens is 476 g/mol. The van der Waals surface area contributed by atoms with Crippen molar-refractivity contribution in [3.05, 3.63) is 102 Å². The number of nitrogens with one attached hydrogen (secondary N) is 2. The number of amides is 2. The fourth-order valence-electron chi connectivity index (χ4n) is 4.64. The average Bonchev–Trinajstić information content (AvgIpc) is 3.50. The van der Waals surface area contributed by atoms with Crippen molar-refractivity contribution in [1.29, 1.82) is 0 Å². The van der Waals surface area contributed by atoms with E-state index < -0.39 is 0 Å². The maximum atomic E-state index is 13.1. The fourth-order valence-corrected chi connectivity index (χ4v) is 4.64. The van der Waals surface area contributed by atoms with Crippen molar-refractivity contribution in [2.45, 2.75) is 19.8 Å². The van der Waals surface area contributed by atoms with E-state index in [0.29, 0.717) is 16.8 Å². The molecular formula is C31H30N4O3. The van der Waals surface area contributed by atoms with Gasteiger partial charge in [0.2, 0.25) is 0 Å². The van der Waals surface area contributed by atoms with E-state index in [0.717, 1.165) is 59.9 Å². The first kappa shape index (κ1) is 25.0. The number of hydrogen-bond donors (Lipinski definition) is 2. The first-order valence-corrected chi connectivity index (χ1v) is 12.7. The van der Waals surface area contributed by atoms with E-state index in [-0.39, 0.29) is 11.8 Å². The Balaban J connectivity index is 1.29. The van der Waals surface area contributed by atoms with Crippen LogP contribution in [-0.4, -0.2) is 37.0 Å². The first-order chi connectivity index (χ1) is 18.5. The lowest BCUT2D eigenvalue weighted by Gasteiger charge is -2.17. The molecule has 1 saturated heterocycles. The Bertz CT molecular complexity index is 1440. The number of methoxy groups -OCH3 is 1. The van der Waals surface area contributed by atoms with Crippen LogP contribution in [0, 0.1) is 6.92 Å². The number of carbonyl (C=O) groups excluding carboxylic acids is 2. The molecule has 0 radical (unpaired) electrons. The Morgan fingerprint density at radius 2 is 1.55 bits per heavy atom. The highest BCUT2D eigenvalue weighted by Crippen LogP contribution is 2.29. The summed E-state index contributed by atoms with van der Waals surface area (Å²) in [5.74, 6) is 1.22. The number of ether oxygens (including phenoxy) is 1. The molecule has 0 saturated carbocycles. The Hall–Kier alpha value is -4.65. The number of carbonyl (C=O) groups is 2. The highest BCUT2D eigenvalue weighted by Gasteiger charge is 2.17. The minimum atomic E-state index is -0.190. The third kappa shape index (κ3) is 5.52. The molecule has 1 aromatic heterocycles. The summed E-state index contributed by atoms with van der Waals surface area (Å²) in [6.45, 7) is 3.93. The molecule has 0 aliphatic carbocycles. The van der Waals surface area contributed by atoms with E-state index in [1.165, 1.54) is 0 Å². The van der Waals surface area contributed by atoms with Crippen LogP contribution in [0.5, 0.6) is 5.75 Å². The van der Waals surface area contributed by atoms with Gasteiger partial charge in [-0.1, -0.05) is 24.3 Å². The summed E-state index contributed by atoms with van der Waals surface area (Å²) in [5, 5.41) is 5.96. The maximum absolute atomic E-state index is 13.1. The number of hydrogen-bond acceptors (Lipinski definition) is 5. The number of nitrogens with zero attached hydrogens (tertiary/aromatic N) is 2. The fraction of sp³-hybridized carbons (Fsp3) is 0.194. The highest BCUT2D eigenvalue weighted by molar-refractivity contribution is 6.06. The topological polar surface area (TPSA) is 83.6 Å². The Kier molecular flexibility index (Phi) is 7.35. The number of benzene rings is 3. The van der Waals surface area contributed by atoms with Gasteiger partial charge >= 0.3 is 0 Å². The second kappa shape index (κ2) is 11.2. The quantitative estimate of drug-likeness (QED) is 0.313. The molecule has 2 heterocycles. The van der Waals surface area contributed by atoms with Gasteiger partial charge in [-0.3, -0.25) is 9.59 Å². The molecule has 0 spiro atoms. The van der Waals surface area contributed by atoms with Crippen molar-refractivity contribution in [2.75, 3.05) is 35.7 Å². The SMILES string of the molecule is COc1ccc(NC(=O)c2ccc(-c3cccc(NC(=O)c4ccnc(N5CCCC5)c4)c3C)cc2)cc1. The highest BCUT2D eigenvalue weighted by atomic mass is 16.5. The van der Waals surface area contributed by atoms with Crippen molar-refractivity contribution < 1.29 is 14.3 Å². The van der Waals surface area contributed by atoms with Crippen LogP contribution >= 0.6 is 0 Å². The van der Waals surface area contributed by atoms with Crippen LogP contribution in [0.4, 0.5) is 17.2 Å². The molecule has 0 unspecified atom stereocenters. The largest absolute Gasteiger partial charge is 0.497 e. The summed E-state index contributed by atoms with van der Waals surface area (Å²) in [6, 6.07) is 24.1.